The largest absolute Gasteiger partial charge is 0.321 e. The first kappa shape index (κ1) is 14.5. The monoisotopic (exact) mass is 312 g/mol. The van der Waals surface area contributed by atoms with Gasteiger partial charge in [0.2, 0.25) is 0 Å². The minimum absolute atomic E-state index is 0.188. The maximum absolute atomic E-state index is 12.1. The van der Waals surface area contributed by atoms with Crippen LogP contribution < -0.4 is 5.32 Å². The fourth-order valence-corrected chi connectivity index (χ4v) is 2.68. The SMILES string of the molecule is Cc1cc(C(=O)Nc2ccc(-n3cnc(C)c3C)cc2)ns1. The predicted molar refractivity (Wildman–Crippen MR) is 87.8 cm³/mol. The van der Waals surface area contributed by atoms with Gasteiger partial charge in [0.15, 0.2) is 0 Å². The van der Waals surface area contributed by atoms with Crippen molar-refractivity contribution in [2.45, 2.75) is 20.8 Å². The van der Waals surface area contributed by atoms with E-state index >= 15 is 0 Å². The summed E-state index contributed by atoms with van der Waals surface area (Å²) in [6, 6.07) is 9.44. The van der Waals surface area contributed by atoms with Gasteiger partial charge in [0.05, 0.1) is 12.0 Å². The summed E-state index contributed by atoms with van der Waals surface area (Å²) in [4.78, 5) is 17.4. The Balaban J connectivity index is 1.77. The van der Waals surface area contributed by atoms with Gasteiger partial charge in [0.25, 0.3) is 5.91 Å². The summed E-state index contributed by atoms with van der Waals surface area (Å²) in [5, 5.41) is 2.85. The summed E-state index contributed by atoms with van der Waals surface area (Å²) in [5.41, 5.74) is 4.33. The molecule has 0 aliphatic carbocycles. The standard InChI is InChI=1S/C16H16N4OS/c1-10-8-15(19-22-10)16(21)18-13-4-6-14(7-5-13)20-9-17-11(2)12(20)3/h4-9H,1-3H3,(H,18,21). The van der Waals surface area contributed by atoms with Gasteiger partial charge in [-0.1, -0.05) is 0 Å². The molecule has 0 spiro atoms. The molecule has 0 unspecified atom stereocenters. The van der Waals surface area contributed by atoms with Crippen molar-refractivity contribution >= 4 is 23.1 Å². The summed E-state index contributed by atoms with van der Waals surface area (Å²) in [5.74, 6) is -0.188. The normalized spacial score (nSPS) is 10.7. The summed E-state index contributed by atoms with van der Waals surface area (Å²) >= 11 is 1.33. The third kappa shape index (κ3) is 2.78. The molecule has 1 N–H and O–H groups in total. The number of carbonyl (C=O) groups excluding carboxylic acids is 1. The molecule has 0 aliphatic heterocycles. The number of carbonyl (C=O) groups is 1. The smallest absolute Gasteiger partial charge is 0.275 e. The van der Waals surface area contributed by atoms with Crippen molar-refractivity contribution in [3.63, 3.8) is 0 Å². The molecule has 0 bridgehead atoms. The maximum atomic E-state index is 12.1. The van der Waals surface area contributed by atoms with Gasteiger partial charge in [0.1, 0.15) is 5.69 Å². The fourth-order valence-electron chi connectivity index (χ4n) is 2.13. The third-order valence-corrected chi connectivity index (χ3v) is 4.21. The molecule has 2 heterocycles. The summed E-state index contributed by atoms with van der Waals surface area (Å²) < 4.78 is 6.13. The second kappa shape index (κ2) is 5.73. The van der Waals surface area contributed by atoms with Crippen molar-refractivity contribution in [1.29, 1.82) is 0 Å². The summed E-state index contributed by atoms with van der Waals surface area (Å²) in [6.45, 7) is 5.94. The van der Waals surface area contributed by atoms with Gasteiger partial charge in [-0.3, -0.25) is 4.79 Å². The van der Waals surface area contributed by atoms with Crippen LogP contribution in [0.2, 0.25) is 0 Å². The highest BCUT2D eigenvalue weighted by Gasteiger charge is 2.10. The second-order valence-corrected chi connectivity index (χ2v) is 6.12. The van der Waals surface area contributed by atoms with E-state index in [0.29, 0.717) is 5.69 Å². The van der Waals surface area contributed by atoms with E-state index in [1.54, 1.807) is 12.4 Å². The molecule has 0 fully saturated rings. The van der Waals surface area contributed by atoms with Gasteiger partial charge in [-0.05, 0) is 62.6 Å². The average Bonchev–Trinajstić information content (AvgIpc) is 3.08. The van der Waals surface area contributed by atoms with Crippen molar-refractivity contribution in [2.75, 3.05) is 5.32 Å². The lowest BCUT2D eigenvalue weighted by Gasteiger charge is -2.08. The number of amides is 1. The van der Waals surface area contributed by atoms with Crippen LogP contribution in [0.1, 0.15) is 26.8 Å². The van der Waals surface area contributed by atoms with E-state index in [9.17, 15) is 4.79 Å². The molecule has 1 amide bonds. The lowest BCUT2D eigenvalue weighted by molar-refractivity contribution is 0.102. The molecule has 112 valence electrons. The average molecular weight is 312 g/mol. The first-order valence-electron chi connectivity index (χ1n) is 6.90. The number of rotatable bonds is 3. The van der Waals surface area contributed by atoms with Crippen LogP contribution in [0.3, 0.4) is 0 Å². The third-order valence-electron chi connectivity index (χ3n) is 3.52. The zero-order valence-electron chi connectivity index (χ0n) is 12.6. The lowest BCUT2D eigenvalue weighted by atomic mass is 10.2. The summed E-state index contributed by atoms with van der Waals surface area (Å²) in [7, 11) is 0. The second-order valence-electron chi connectivity index (χ2n) is 5.11. The Labute approximate surface area is 132 Å². The minimum atomic E-state index is -0.188. The molecule has 2 aromatic heterocycles. The van der Waals surface area contributed by atoms with E-state index in [1.807, 2.05) is 49.6 Å². The van der Waals surface area contributed by atoms with E-state index in [4.69, 9.17) is 0 Å². The van der Waals surface area contributed by atoms with E-state index in [2.05, 4.69) is 14.7 Å². The van der Waals surface area contributed by atoms with Gasteiger partial charge in [-0.2, -0.15) is 4.37 Å². The zero-order chi connectivity index (χ0) is 15.7. The molecule has 0 radical (unpaired) electrons. The highest BCUT2D eigenvalue weighted by Crippen LogP contribution is 2.17. The Morgan fingerprint density at radius 2 is 1.91 bits per heavy atom. The van der Waals surface area contributed by atoms with Crippen molar-refractivity contribution in [3.8, 4) is 5.69 Å². The number of aromatic nitrogens is 3. The number of hydrogen-bond acceptors (Lipinski definition) is 4. The number of aryl methyl sites for hydroxylation is 2. The molecule has 5 nitrogen and oxygen atoms in total. The molecule has 0 atom stereocenters. The van der Waals surface area contributed by atoms with Crippen molar-refractivity contribution in [3.05, 3.63) is 58.6 Å². The van der Waals surface area contributed by atoms with Crippen LogP contribution in [0.25, 0.3) is 5.69 Å². The first-order valence-corrected chi connectivity index (χ1v) is 7.67. The number of hydrogen-bond donors (Lipinski definition) is 1. The molecule has 3 rings (SSSR count). The van der Waals surface area contributed by atoms with Crippen molar-refractivity contribution in [1.82, 2.24) is 13.9 Å². The number of nitrogens with zero attached hydrogens (tertiary/aromatic N) is 3. The van der Waals surface area contributed by atoms with Crippen LogP contribution in [0.15, 0.2) is 36.7 Å². The fraction of sp³-hybridized carbons (Fsp3) is 0.188. The molecule has 3 aromatic rings. The number of imidazole rings is 1. The van der Waals surface area contributed by atoms with Gasteiger partial charge in [-0.25, -0.2) is 4.98 Å². The molecule has 1 aromatic carbocycles. The molecule has 0 aliphatic rings. The van der Waals surface area contributed by atoms with Gasteiger partial charge in [0, 0.05) is 21.9 Å². The van der Waals surface area contributed by atoms with E-state index in [-0.39, 0.29) is 5.91 Å². The maximum Gasteiger partial charge on any atom is 0.275 e. The Morgan fingerprint density at radius 3 is 2.45 bits per heavy atom. The molecular weight excluding hydrogens is 296 g/mol. The van der Waals surface area contributed by atoms with Crippen LogP contribution in [-0.4, -0.2) is 19.8 Å². The van der Waals surface area contributed by atoms with Gasteiger partial charge < -0.3 is 9.88 Å². The van der Waals surface area contributed by atoms with Crippen LogP contribution in [0.5, 0.6) is 0 Å². The number of benzene rings is 1. The zero-order valence-corrected chi connectivity index (χ0v) is 13.4. The highest BCUT2D eigenvalue weighted by molar-refractivity contribution is 7.05. The van der Waals surface area contributed by atoms with Gasteiger partial charge in [-0.15, -0.1) is 0 Å². The number of nitrogens with one attached hydrogen (secondary N) is 1. The minimum Gasteiger partial charge on any atom is -0.321 e. The quantitative estimate of drug-likeness (QED) is 0.805. The molecule has 0 saturated heterocycles. The summed E-state index contributed by atoms with van der Waals surface area (Å²) in [6.07, 6.45) is 1.80. The highest BCUT2D eigenvalue weighted by atomic mass is 32.1. The van der Waals surface area contributed by atoms with E-state index in [1.165, 1.54) is 11.5 Å². The Kier molecular flexibility index (Phi) is 3.77. The van der Waals surface area contributed by atoms with Crippen LogP contribution >= 0.6 is 11.5 Å². The molecule has 6 heteroatoms. The lowest BCUT2D eigenvalue weighted by Crippen LogP contribution is -2.12. The van der Waals surface area contributed by atoms with Crippen LogP contribution in [0, 0.1) is 20.8 Å². The van der Waals surface area contributed by atoms with E-state index < -0.39 is 0 Å². The molecule has 22 heavy (non-hydrogen) atoms. The molecular formula is C16H16N4OS. The predicted octanol–water partition coefficient (Wildman–Crippen LogP) is 3.51. The Morgan fingerprint density at radius 1 is 1.18 bits per heavy atom. The number of anilines is 1. The van der Waals surface area contributed by atoms with Crippen molar-refractivity contribution in [2.24, 2.45) is 0 Å². The first-order chi connectivity index (χ1) is 10.5. The van der Waals surface area contributed by atoms with Crippen LogP contribution in [-0.2, 0) is 0 Å². The topological polar surface area (TPSA) is 59.8 Å². The molecule has 0 saturated carbocycles. The van der Waals surface area contributed by atoms with Crippen LogP contribution in [0.4, 0.5) is 5.69 Å². The van der Waals surface area contributed by atoms with Gasteiger partial charge >= 0.3 is 0 Å². The van der Waals surface area contributed by atoms with Crippen molar-refractivity contribution < 1.29 is 4.79 Å². The Hall–Kier alpha value is -2.47. The van der Waals surface area contributed by atoms with E-state index in [0.717, 1.165) is 27.6 Å². The Bertz CT molecular complexity index is 817.